The van der Waals surface area contributed by atoms with Crippen LogP contribution in [0.3, 0.4) is 0 Å². The summed E-state index contributed by atoms with van der Waals surface area (Å²) in [7, 11) is -3.47. The number of rotatable bonds is 2. The number of piperidine rings is 1. The van der Waals surface area contributed by atoms with Crippen LogP contribution < -0.4 is 4.90 Å². The molecule has 1 aromatic carbocycles. The van der Waals surface area contributed by atoms with Crippen LogP contribution >= 0.6 is 0 Å². The molecule has 0 spiro atoms. The van der Waals surface area contributed by atoms with Crippen LogP contribution in [0.5, 0.6) is 0 Å². The van der Waals surface area contributed by atoms with Crippen molar-refractivity contribution in [3.05, 3.63) is 23.8 Å². The zero-order chi connectivity index (χ0) is 17.6. The summed E-state index contributed by atoms with van der Waals surface area (Å²) in [4.78, 5) is 13.9. The van der Waals surface area contributed by atoms with Crippen molar-refractivity contribution in [1.29, 1.82) is 0 Å². The first kappa shape index (κ1) is 17.4. The van der Waals surface area contributed by atoms with E-state index >= 15 is 0 Å². The van der Waals surface area contributed by atoms with Crippen molar-refractivity contribution in [2.75, 3.05) is 18.0 Å². The molecule has 24 heavy (non-hydrogen) atoms. The molecule has 2 heterocycles. The third-order valence-corrected chi connectivity index (χ3v) is 6.91. The molecule has 0 aromatic heterocycles. The molecule has 0 saturated carbocycles. The Morgan fingerprint density at radius 3 is 2.33 bits per heavy atom. The number of amides is 1. The maximum atomic E-state index is 13.0. The number of benzene rings is 1. The molecule has 132 valence electrons. The SMILES string of the molecule is CC(=O)N1c2ccc(S(=O)(=O)N3CC(C)CC(C)C3)cc2CC1C. The van der Waals surface area contributed by atoms with Crippen LogP contribution in [0.2, 0.25) is 0 Å². The third kappa shape index (κ3) is 2.97. The minimum Gasteiger partial charge on any atom is -0.309 e. The van der Waals surface area contributed by atoms with Crippen LogP contribution in [-0.4, -0.2) is 37.8 Å². The number of nitrogens with zero attached hydrogens (tertiary/aromatic N) is 2. The number of fused-ring (bicyclic) bond motifs is 1. The van der Waals surface area contributed by atoms with Gasteiger partial charge in [0.05, 0.1) is 4.90 Å². The Morgan fingerprint density at radius 2 is 1.75 bits per heavy atom. The molecule has 1 aromatic rings. The predicted octanol–water partition coefficient (Wildman–Crippen LogP) is 2.65. The van der Waals surface area contributed by atoms with Crippen LogP contribution in [0.15, 0.2) is 23.1 Å². The Balaban J connectivity index is 1.94. The molecule has 2 aliphatic rings. The van der Waals surface area contributed by atoms with Crippen molar-refractivity contribution in [3.63, 3.8) is 0 Å². The van der Waals surface area contributed by atoms with Gasteiger partial charge in [-0.3, -0.25) is 4.79 Å². The lowest BCUT2D eigenvalue weighted by Crippen LogP contribution is -2.42. The van der Waals surface area contributed by atoms with E-state index in [1.165, 1.54) is 0 Å². The number of carbonyl (C=O) groups excluding carboxylic acids is 1. The highest BCUT2D eigenvalue weighted by Gasteiger charge is 2.34. The van der Waals surface area contributed by atoms with Crippen LogP contribution in [0.4, 0.5) is 5.69 Å². The van der Waals surface area contributed by atoms with E-state index in [9.17, 15) is 13.2 Å². The van der Waals surface area contributed by atoms with Crippen molar-refractivity contribution in [2.45, 2.75) is 51.5 Å². The van der Waals surface area contributed by atoms with Gasteiger partial charge in [0.1, 0.15) is 0 Å². The van der Waals surface area contributed by atoms with Gasteiger partial charge in [-0.2, -0.15) is 4.31 Å². The first-order chi connectivity index (χ1) is 11.2. The van der Waals surface area contributed by atoms with Gasteiger partial charge in [-0.1, -0.05) is 13.8 Å². The molecule has 1 amide bonds. The molecule has 6 heteroatoms. The molecule has 0 N–H and O–H groups in total. The van der Waals surface area contributed by atoms with Gasteiger partial charge in [-0.05, 0) is 55.4 Å². The van der Waals surface area contributed by atoms with Gasteiger partial charge in [-0.25, -0.2) is 8.42 Å². The van der Waals surface area contributed by atoms with Crippen molar-refractivity contribution in [2.24, 2.45) is 11.8 Å². The van der Waals surface area contributed by atoms with Gasteiger partial charge < -0.3 is 4.90 Å². The van der Waals surface area contributed by atoms with Crippen molar-refractivity contribution < 1.29 is 13.2 Å². The van der Waals surface area contributed by atoms with Gasteiger partial charge in [0.2, 0.25) is 15.9 Å². The summed E-state index contributed by atoms with van der Waals surface area (Å²) in [6, 6.07) is 5.26. The zero-order valence-corrected chi connectivity index (χ0v) is 15.6. The summed E-state index contributed by atoms with van der Waals surface area (Å²) in [6.45, 7) is 8.91. The van der Waals surface area contributed by atoms with Gasteiger partial charge >= 0.3 is 0 Å². The second-order valence-corrected chi connectivity index (χ2v) is 9.44. The normalized spacial score (nSPS) is 28.0. The highest BCUT2D eigenvalue weighted by Crippen LogP contribution is 2.35. The number of hydrogen-bond donors (Lipinski definition) is 0. The molecule has 1 saturated heterocycles. The Bertz CT molecular complexity index is 750. The largest absolute Gasteiger partial charge is 0.309 e. The molecular weight excluding hydrogens is 324 g/mol. The van der Waals surface area contributed by atoms with E-state index in [4.69, 9.17) is 0 Å². The maximum absolute atomic E-state index is 13.0. The Labute approximate surface area is 144 Å². The second kappa shape index (κ2) is 6.15. The minimum absolute atomic E-state index is 0.00413. The second-order valence-electron chi connectivity index (χ2n) is 7.50. The van der Waals surface area contributed by atoms with Gasteiger partial charge in [-0.15, -0.1) is 0 Å². The fourth-order valence-corrected chi connectivity index (χ4v) is 5.93. The molecule has 0 bridgehead atoms. The summed E-state index contributed by atoms with van der Waals surface area (Å²) in [5.74, 6) is 0.757. The minimum atomic E-state index is -3.47. The zero-order valence-electron chi connectivity index (χ0n) is 14.8. The van der Waals surface area contributed by atoms with Crippen molar-refractivity contribution in [1.82, 2.24) is 4.31 Å². The predicted molar refractivity (Wildman–Crippen MR) is 94.5 cm³/mol. The fourth-order valence-electron chi connectivity index (χ4n) is 4.20. The molecule has 5 nitrogen and oxygen atoms in total. The van der Waals surface area contributed by atoms with Gasteiger partial charge in [0.15, 0.2) is 0 Å². The monoisotopic (exact) mass is 350 g/mol. The lowest BCUT2D eigenvalue weighted by atomic mass is 9.94. The third-order valence-electron chi connectivity index (χ3n) is 5.08. The average molecular weight is 350 g/mol. The van der Waals surface area contributed by atoms with E-state index in [1.54, 1.807) is 34.3 Å². The van der Waals surface area contributed by atoms with Crippen LogP contribution in [0.25, 0.3) is 0 Å². The summed E-state index contributed by atoms with van der Waals surface area (Å²) < 4.78 is 27.7. The van der Waals surface area contributed by atoms with E-state index in [-0.39, 0.29) is 11.9 Å². The summed E-state index contributed by atoms with van der Waals surface area (Å²) in [5.41, 5.74) is 1.78. The standard InChI is InChI=1S/C18H26N2O3S/c1-12-7-13(2)11-19(10-12)24(22,23)17-5-6-18-16(9-17)8-14(3)20(18)15(4)21/h5-6,9,12-14H,7-8,10-11H2,1-4H3. The average Bonchev–Trinajstić information content (AvgIpc) is 2.81. The quantitative estimate of drug-likeness (QED) is 0.824. The van der Waals surface area contributed by atoms with E-state index in [0.29, 0.717) is 36.2 Å². The van der Waals surface area contributed by atoms with Crippen LogP contribution in [0, 0.1) is 11.8 Å². The number of carbonyl (C=O) groups is 1. The smallest absolute Gasteiger partial charge is 0.243 e. The lowest BCUT2D eigenvalue weighted by molar-refractivity contribution is -0.116. The Hall–Kier alpha value is -1.40. The highest BCUT2D eigenvalue weighted by atomic mass is 32.2. The molecule has 0 aliphatic carbocycles. The first-order valence-corrected chi connectivity index (χ1v) is 10.1. The van der Waals surface area contributed by atoms with Crippen LogP contribution in [-0.2, 0) is 21.2 Å². The summed E-state index contributed by atoms with van der Waals surface area (Å²) in [6.07, 6.45) is 1.77. The number of hydrogen-bond acceptors (Lipinski definition) is 3. The van der Waals surface area contributed by atoms with Gasteiger partial charge in [0.25, 0.3) is 0 Å². The van der Waals surface area contributed by atoms with E-state index in [1.807, 2.05) is 6.92 Å². The molecular formula is C18H26N2O3S. The lowest BCUT2D eigenvalue weighted by Gasteiger charge is -2.34. The van der Waals surface area contributed by atoms with E-state index in [0.717, 1.165) is 17.7 Å². The molecule has 3 rings (SSSR count). The number of anilines is 1. The summed E-state index contributed by atoms with van der Waals surface area (Å²) in [5, 5.41) is 0. The van der Waals surface area contributed by atoms with Crippen molar-refractivity contribution in [3.8, 4) is 0 Å². The van der Waals surface area contributed by atoms with E-state index < -0.39 is 10.0 Å². The van der Waals surface area contributed by atoms with Gasteiger partial charge in [0, 0.05) is 31.7 Å². The summed E-state index contributed by atoms with van der Waals surface area (Å²) >= 11 is 0. The van der Waals surface area contributed by atoms with Crippen LogP contribution in [0.1, 0.15) is 39.7 Å². The molecule has 3 atom stereocenters. The van der Waals surface area contributed by atoms with Crippen molar-refractivity contribution >= 4 is 21.6 Å². The Kier molecular flexibility index (Phi) is 4.47. The molecule has 0 radical (unpaired) electrons. The fraction of sp³-hybridized carbons (Fsp3) is 0.611. The molecule has 3 unspecified atom stereocenters. The molecule has 1 fully saturated rings. The molecule has 2 aliphatic heterocycles. The Morgan fingerprint density at radius 1 is 1.12 bits per heavy atom. The van der Waals surface area contributed by atoms with E-state index in [2.05, 4.69) is 13.8 Å². The first-order valence-electron chi connectivity index (χ1n) is 8.63. The number of sulfonamides is 1. The maximum Gasteiger partial charge on any atom is 0.243 e. The highest BCUT2D eigenvalue weighted by molar-refractivity contribution is 7.89. The topological polar surface area (TPSA) is 57.7 Å².